The molecule has 0 N–H and O–H groups in total. The molecule has 0 aliphatic carbocycles. The molecule has 144 valence electrons. The van der Waals surface area contributed by atoms with E-state index in [1.165, 1.54) is 48.0 Å². The van der Waals surface area contributed by atoms with Crippen LogP contribution < -0.4 is 0 Å². The summed E-state index contributed by atoms with van der Waals surface area (Å²) in [6.45, 7) is 16.1. The van der Waals surface area contributed by atoms with Crippen LogP contribution in [0.15, 0.2) is 54.6 Å². The number of benzene rings is 3. The van der Waals surface area contributed by atoms with Gasteiger partial charge in [0, 0.05) is 20.2 Å². The second kappa shape index (κ2) is 6.46. The van der Waals surface area contributed by atoms with E-state index in [-0.39, 0.29) is 10.8 Å². The zero-order chi connectivity index (χ0) is 20.3. The Bertz CT molecular complexity index is 1140. The van der Waals surface area contributed by atoms with Crippen LogP contribution in [0.3, 0.4) is 0 Å². The Morgan fingerprint density at radius 1 is 0.679 bits per heavy atom. The summed E-state index contributed by atoms with van der Waals surface area (Å²) in [6.07, 6.45) is 0. The van der Waals surface area contributed by atoms with Crippen molar-refractivity contribution in [3.05, 3.63) is 71.3 Å². The van der Waals surface area contributed by atoms with Crippen LogP contribution in [-0.2, 0) is 10.8 Å². The van der Waals surface area contributed by atoms with Gasteiger partial charge < -0.3 is 0 Å². The molecule has 0 unspecified atom stereocenters. The number of aryl methyl sites for hydroxylation is 1. The molecular weight excluding hydrogens is 356 g/mol. The average Bonchev–Trinajstić information content (AvgIpc) is 3.00. The fourth-order valence-electron chi connectivity index (χ4n) is 3.89. The molecule has 28 heavy (non-hydrogen) atoms. The van der Waals surface area contributed by atoms with Gasteiger partial charge in [-0.2, -0.15) is 0 Å². The van der Waals surface area contributed by atoms with E-state index in [4.69, 9.17) is 0 Å². The summed E-state index contributed by atoms with van der Waals surface area (Å²) in [5.74, 6) is 0. The molecule has 3 aromatic carbocycles. The molecule has 0 aliphatic rings. The predicted molar refractivity (Wildman–Crippen MR) is 127 cm³/mol. The molecule has 0 amide bonds. The Morgan fingerprint density at radius 3 is 1.89 bits per heavy atom. The fourth-order valence-corrected chi connectivity index (χ4v) is 5.09. The number of thiophene rings is 1. The maximum absolute atomic E-state index is 2.40. The lowest BCUT2D eigenvalue weighted by Crippen LogP contribution is -2.16. The van der Waals surface area contributed by atoms with Crippen LogP contribution in [0.4, 0.5) is 0 Å². The quantitative estimate of drug-likeness (QED) is 0.307. The summed E-state index contributed by atoms with van der Waals surface area (Å²) in [7, 11) is 0. The second-order valence-corrected chi connectivity index (χ2v) is 11.1. The van der Waals surface area contributed by atoms with Crippen molar-refractivity contribution in [3.63, 3.8) is 0 Å². The summed E-state index contributed by atoms with van der Waals surface area (Å²) in [4.78, 5) is 0. The van der Waals surface area contributed by atoms with Gasteiger partial charge in [0.2, 0.25) is 0 Å². The van der Waals surface area contributed by atoms with Gasteiger partial charge in [0.1, 0.15) is 0 Å². The minimum Gasteiger partial charge on any atom is -0.135 e. The highest BCUT2D eigenvalue weighted by Crippen LogP contribution is 2.41. The molecule has 0 aliphatic heterocycles. The third-order valence-electron chi connectivity index (χ3n) is 5.77. The monoisotopic (exact) mass is 386 g/mol. The zero-order valence-electron chi connectivity index (χ0n) is 18.1. The molecule has 0 atom stereocenters. The van der Waals surface area contributed by atoms with Crippen LogP contribution in [-0.4, -0.2) is 0 Å². The molecule has 1 aromatic heterocycles. The molecule has 0 spiro atoms. The van der Waals surface area contributed by atoms with Crippen molar-refractivity contribution in [3.8, 4) is 11.1 Å². The molecule has 0 bridgehead atoms. The van der Waals surface area contributed by atoms with Gasteiger partial charge in [-0.15, -0.1) is 11.3 Å². The van der Waals surface area contributed by atoms with E-state index in [0.717, 1.165) is 0 Å². The number of hydrogen-bond donors (Lipinski definition) is 0. The summed E-state index contributed by atoms with van der Waals surface area (Å²) in [5.41, 5.74) is 7.17. The summed E-state index contributed by atoms with van der Waals surface area (Å²) >= 11 is 1.92. The van der Waals surface area contributed by atoms with Gasteiger partial charge in [0.05, 0.1) is 0 Å². The van der Waals surface area contributed by atoms with Crippen molar-refractivity contribution in [1.29, 1.82) is 0 Å². The van der Waals surface area contributed by atoms with Crippen molar-refractivity contribution in [2.24, 2.45) is 0 Å². The summed E-state index contributed by atoms with van der Waals surface area (Å²) in [5, 5.41) is 2.75. The van der Waals surface area contributed by atoms with Crippen LogP contribution in [0.1, 0.15) is 58.2 Å². The Balaban J connectivity index is 1.99. The van der Waals surface area contributed by atoms with Gasteiger partial charge in [-0.25, -0.2) is 0 Å². The Morgan fingerprint density at radius 2 is 1.29 bits per heavy atom. The summed E-state index contributed by atoms with van der Waals surface area (Å²) < 4.78 is 2.79. The van der Waals surface area contributed by atoms with Gasteiger partial charge in [-0.3, -0.25) is 0 Å². The van der Waals surface area contributed by atoms with Crippen molar-refractivity contribution in [2.75, 3.05) is 0 Å². The van der Waals surface area contributed by atoms with E-state index < -0.39 is 0 Å². The first kappa shape index (κ1) is 19.2. The molecule has 0 saturated heterocycles. The highest BCUT2D eigenvalue weighted by atomic mass is 32.1. The lowest BCUT2D eigenvalue weighted by molar-refractivity contribution is 0.569. The first-order valence-electron chi connectivity index (χ1n) is 10.1. The normalized spacial score (nSPS) is 12.8. The molecule has 0 nitrogen and oxygen atoms in total. The molecule has 1 heterocycles. The molecule has 4 aromatic rings. The molecule has 0 fully saturated rings. The summed E-state index contributed by atoms with van der Waals surface area (Å²) in [6, 6.07) is 20.6. The van der Waals surface area contributed by atoms with Crippen molar-refractivity contribution < 1.29 is 0 Å². The SMILES string of the molecule is Cc1c(-c2cc(C(C)(C)C)cc(C(C)(C)C)c2)ccc2c1sc1ccccc12. The Kier molecular flexibility index (Phi) is 4.43. The van der Waals surface area contributed by atoms with Gasteiger partial charge in [-0.1, -0.05) is 90.1 Å². The van der Waals surface area contributed by atoms with E-state index in [1.54, 1.807) is 0 Å². The second-order valence-electron chi connectivity index (χ2n) is 10.0. The minimum absolute atomic E-state index is 0.131. The maximum atomic E-state index is 2.40. The topological polar surface area (TPSA) is 0 Å². The van der Waals surface area contributed by atoms with Gasteiger partial charge in [0.25, 0.3) is 0 Å². The Labute approximate surface area is 173 Å². The Hall–Kier alpha value is -2.12. The van der Waals surface area contributed by atoms with E-state index >= 15 is 0 Å². The zero-order valence-corrected chi connectivity index (χ0v) is 18.9. The van der Waals surface area contributed by atoms with Gasteiger partial charge >= 0.3 is 0 Å². The fraction of sp³-hybridized carbons (Fsp3) is 0.333. The highest BCUT2D eigenvalue weighted by molar-refractivity contribution is 7.26. The molecule has 4 rings (SSSR count). The maximum Gasteiger partial charge on any atom is 0.0390 e. The number of fused-ring (bicyclic) bond motifs is 3. The van der Waals surface area contributed by atoms with Crippen LogP contribution in [0, 0.1) is 6.92 Å². The first-order valence-corrected chi connectivity index (χ1v) is 10.9. The van der Waals surface area contributed by atoms with Crippen molar-refractivity contribution in [1.82, 2.24) is 0 Å². The van der Waals surface area contributed by atoms with Gasteiger partial charge in [0.15, 0.2) is 0 Å². The molecular formula is C27H30S. The lowest BCUT2D eigenvalue weighted by Gasteiger charge is -2.26. The minimum atomic E-state index is 0.131. The van der Waals surface area contributed by atoms with Crippen LogP contribution in [0.2, 0.25) is 0 Å². The lowest BCUT2D eigenvalue weighted by atomic mass is 9.78. The van der Waals surface area contributed by atoms with E-state index in [9.17, 15) is 0 Å². The standard InChI is InChI=1S/C27H30S/c1-17-21(12-13-23-22-10-8-9-11-24(22)28-25(17)23)18-14-19(26(2,3)4)16-20(15-18)27(5,6)7/h8-16H,1-7H3. The van der Waals surface area contributed by atoms with Crippen molar-refractivity contribution >= 4 is 31.5 Å². The van der Waals surface area contributed by atoms with Crippen LogP contribution in [0.5, 0.6) is 0 Å². The highest BCUT2D eigenvalue weighted by Gasteiger charge is 2.21. The largest absolute Gasteiger partial charge is 0.135 e. The smallest absolute Gasteiger partial charge is 0.0390 e. The molecule has 1 heteroatoms. The third-order valence-corrected chi connectivity index (χ3v) is 7.08. The molecule has 0 radical (unpaired) electrons. The first-order chi connectivity index (χ1) is 13.1. The predicted octanol–water partition coefficient (Wildman–Crippen LogP) is 8.62. The average molecular weight is 387 g/mol. The van der Waals surface area contributed by atoms with E-state index in [2.05, 4.69) is 103 Å². The third kappa shape index (κ3) is 3.26. The molecule has 0 saturated carbocycles. The van der Waals surface area contributed by atoms with Gasteiger partial charge in [-0.05, 0) is 51.6 Å². The number of rotatable bonds is 1. The van der Waals surface area contributed by atoms with Crippen LogP contribution >= 0.6 is 11.3 Å². The van der Waals surface area contributed by atoms with E-state index in [1.807, 2.05) is 11.3 Å². The van der Waals surface area contributed by atoms with E-state index in [0.29, 0.717) is 0 Å². The number of hydrogen-bond acceptors (Lipinski definition) is 1. The van der Waals surface area contributed by atoms with Crippen LogP contribution in [0.25, 0.3) is 31.3 Å². The van der Waals surface area contributed by atoms with Crippen molar-refractivity contribution in [2.45, 2.75) is 59.3 Å².